The Labute approximate surface area is 196 Å². The van der Waals surface area contributed by atoms with E-state index in [0.29, 0.717) is 28.8 Å². The number of carboxylic acids is 1. The van der Waals surface area contributed by atoms with Gasteiger partial charge in [-0.2, -0.15) is 0 Å². The summed E-state index contributed by atoms with van der Waals surface area (Å²) in [6, 6.07) is 16.3. The van der Waals surface area contributed by atoms with E-state index in [-0.39, 0.29) is 21.3 Å². The maximum absolute atomic E-state index is 12.7. The lowest BCUT2D eigenvalue weighted by molar-refractivity contribution is -0.127. The van der Waals surface area contributed by atoms with Crippen LogP contribution < -0.4 is 5.32 Å². The zero-order valence-electron chi connectivity index (χ0n) is 16.8. The first kappa shape index (κ1) is 22.4. The number of para-hydroxylation sites is 1. The maximum atomic E-state index is 12.7. The van der Waals surface area contributed by atoms with Crippen molar-refractivity contribution in [2.24, 2.45) is 0 Å². The molecule has 2 heterocycles. The topological polar surface area (TPSA) is 117 Å². The molecule has 0 spiro atoms. The Hall–Kier alpha value is -3.82. The van der Waals surface area contributed by atoms with Crippen LogP contribution in [0.1, 0.15) is 16.1 Å². The zero-order valence-corrected chi connectivity index (χ0v) is 18.4. The number of hydrogen-bond donors (Lipinski definition) is 2. The second-order valence-electron chi connectivity index (χ2n) is 6.88. The normalized spacial score (nSPS) is 14.7. The number of carbonyl (C=O) groups is 4. The van der Waals surface area contributed by atoms with Crippen LogP contribution in [0.5, 0.6) is 0 Å². The highest BCUT2D eigenvalue weighted by atomic mass is 35.5. The molecular weight excluding hydrogens is 468 g/mol. The van der Waals surface area contributed by atoms with Crippen LogP contribution in [0.25, 0.3) is 17.4 Å². The number of rotatable bonds is 6. The van der Waals surface area contributed by atoms with Gasteiger partial charge in [-0.15, -0.1) is 0 Å². The Balaban J connectivity index is 1.48. The third kappa shape index (κ3) is 5.00. The van der Waals surface area contributed by atoms with Gasteiger partial charge in [0, 0.05) is 17.3 Å². The smallest absolute Gasteiger partial charge is 0.337 e. The predicted octanol–water partition coefficient (Wildman–Crippen LogP) is 4.97. The molecule has 0 saturated carbocycles. The van der Waals surface area contributed by atoms with Gasteiger partial charge in [0.15, 0.2) is 0 Å². The van der Waals surface area contributed by atoms with E-state index in [9.17, 15) is 24.3 Å². The zero-order chi connectivity index (χ0) is 23.5. The number of aromatic carboxylic acids is 1. The number of nitrogens with zero attached hydrogens (tertiary/aromatic N) is 1. The molecule has 2 N–H and O–H groups in total. The summed E-state index contributed by atoms with van der Waals surface area (Å²) in [5.41, 5.74) is 0.977. The number of amides is 3. The molecule has 2 aromatic carbocycles. The molecule has 3 amide bonds. The van der Waals surface area contributed by atoms with Gasteiger partial charge < -0.3 is 14.8 Å². The molecule has 0 unspecified atom stereocenters. The lowest BCUT2D eigenvalue weighted by atomic mass is 10.1. The number of carboxylic acid groups (broad SMARTS) is 1. The molecule has 33 heavy (non-hydrogen) atoms. The second-order valence-corrected chi connectivity index (χ2v) is 8.28. The first-order valence-electron chi connectivity index (χ1n) is 9.55. The Bertz CT molecular complexity index is 1300. The first-order valence-corrected chi connectivity index (χ1v) is 10.7. The van der Waals surface area contributed by atoms with E-state index in [1.165, 1.54) is 18.2 Å². The van der Waals surface area contributed by atoms with E-state index >= 15 is 0 Å². The summed E-state index contributed by atoms with van der Waals surface area (Å²) in [5.74, 6) is -1.62. The van der Waals surface area contributed by atoms with E-state index < -0.39 is 29.6 Å². The van der Waals surface area contributed by atoms with Crippen molar-refractivity contribution < 1.29 is 28.7 Å². The molecule has 1 aliphatic rings. The van der Waals surface area contributed by atoms with Crippen LogP contribution >= 0.6 is 23.4 Å². The average Bonchev–Trinajstić information content (AvgIpc) is 3.35. The van der Waals surface area contributed by atoms with Crippen LogP contribution in [0.2, 0.25) is 5.02 Å². The largest absolute Gasteiger partial charge is 0.478 e. The highest BCUT2D eigenvalue weighted by molar-refractivity contribution is 8.18. The fourth-order valence-corrected chi connectivity index (χ4v) is 4.08. The molecule has 3 aromatic rings. The van der Waals surface area contributed by atoms with E-state index in [1.807, 2.05) is 0 Å². The fourth-order valence-electron chi connectivity index (χ4n) is 3.06. The van der Waals surface area contributed by atoms with Crippen molar-refractivity contribution in [3.8, 4) is 11.3 Å². The molecule has 0 bridgehead atoms. The van der Waals surface area contributed by atoms with Gasteiger partial charge in [-0.1, -0.05) is 29.8 Å². The van der Waals surface area contributed by atoms with E-state index in [2.05, 4.69) is 5.32 Å². The summed E-state index contributed by atoms with van der Waals surface area (Å²) in [6.07, 6.45) is 1.40. The Morgan fingerprint density at radius 2 is 1.85 bits per heavy atom. The van der Waals surface area contributed by atoms with Crippen molar-refractivity contribution in [2.45, 2.75) is 0 Å². The first-order chi connectivity index (χ1) is 15.8. The highest BCUT2D eigenvalue weighted by Gasteiger charge is 2.36. The van der Waals surface area contributed by atoms with Crippen LogP contribution in [-0.2, 0) is 9.59 Å². The third-order valence-electron chi connectivity index (χ3n) is 4.61. The minimum absolute atomic E-state index is 0.0676. The molecule has 0 aliphatic carbocycles. The minimum Gasteiger partial charge on any atom is -0.478 e. The molecule has 10 heteroatoms. The van der Waals surface area contributed by atoms with Crippen molar-refractivity contribution in [3.05, 3.63) is 81.9 Å². The quantitative estimate of drug-likeness (QED) is 0.476. The molecule has 166 valence electrons. The Morgan fingerprint density at radius 3 is 2.58 bits per heavy atom. The average molecular weight is 483 g/mol. The number of hydrogen-bond acceptors (Lipinski definition) is 6. The number of benzene rings is 2. The SMILES string of the molecule is O=C(CN1C(=O)S/C(=C\c2ccc(-c3ccc(Cl)c(C(=O)O)c3)o2)C1=O)Nc1ccccc1. The van der Waals surface area contributed by atoms with Gasteiger partial charge in [-0.05, 0) is 54.2 Å². The molecule has 1 aliphatic heterocycles. The van der Waals surface area contributed by atoms with Crippen LogP contribution in [0.4, 0.5) is 10.5 Å². The molecule has 8 nitrogen and oxygen atoms in total. The van der Waals surface area contributed by atoms with E-state index in [0.717, 1.165) is 4.90 Å². The molecular formula is C23H15ClN2O6S. The molecule has 1 fully saturated rings. The van der Waals surface area contributed by atoms with Crippen molar-refractivity contribution in [2.75, 3.05) is 11.9 Å². The summed E-state index contributed by atoms with van der Waals surface area (Å²) < 4.78 is 5.70. The third-order valence-corrected chi connectivity index (χ3v) is 5.85. The number of halogens is 1. The number of imide groups is 1. The van der Waals surface area contributed by atoms with Crippen LogP contribution in [0, 0.1) is 0 Å². The van der Waals surface area contributed by atoms with Gasteiger partial charge in [-0.3, -0.25) is 19.3 Å². The summed E-state index contributed by atoms with van der Waals surface area (Å²) >= 11 is 6.60. The van der Waals surface area contributed by atoms with E-state index in [1.54, 1.807) is 48.5 Å². The molecule has 0 atom stereocenters. The standard InChI is InChI=1S/C23H15ClN2O6S/c24-17-8-6-13(10-16(17)22(29)30)18-9-7-15(32-18)11-19-21(28)26(23(31)33-19)12-20(27)25-14-4-2-1-3-5-14/h1-11H,12H2,(H,25,27)(H,29,30)/b19-11-. The molecule has 0 radical (unpaired) electrons. The van der Waals surface area contributed by atoms with Gasteiger partial charge >= 0.3 is 5.97 Å². The van der Waals surface area contributed by atoms with Crippen LogP contribution in [-0.4, -0.2) is 39.6 Å². The number of anilines is 1. The van der Waals surface area contributed by atoms with Gasteiger partial charge in [0.25, 0.3) is 11.1 Å². The Kier molecular flexibility index (Phi) is 6.34. The van der Waals surface area contributed by atoms with Gasteiger partial charge in [0.1, 0.15) is 18.1 Å². The maximum Gasteiger partial charge on any atom is 0.337 e. The Morgan fingerprint density at radius 1 is 1.09 bits per heavy atom. The second kappa shape index (κ2) is 9.35. The number of furan rings is 1. The van der Waals surface area contributed by atoms with Crippen LogP contribution in [0.15, 0.2) is 70.0 Å². The minimum atomic E-state index is -1.17. The van der Waals surface area contributed by atoms with Crippen molar-refractivity contribution >= 4 is 58.1 Å². The van der Waals surface area contributed by atoms with Crippen molar-refractivity contribution in [3.63, 3.8) is 0 Å². The summed E-state index contributed by atoms with van der Waals surface area (Å²) in [4.78, 5) is 49.4. The van der Waals surface area contributed by atoms with Gasteiger partial charge in [0.05, 0.1) is 15.5 Å². The number of nitrogens with one attached hydrogen (secondary N) is 1. The van der Waals surface area contributed by atoms with Crippen LogP contribution in [0.3, 0.4) is 0 Å². The molecule has 1 aromatic heterocycles. The van der Waals surface area contributed by atoms with Crippen molar-refractivity contribution in [1.29, 1.82) is 0 Å². The van der Waals surface area contributed by atoms with E-state index in [4.69, 9.17) is 16.0 Å². The lowest BCUT2D eigenvalue weighted by Gasteiger charge is -2.12. The molecule has 1 saturated heterocycles. The van der Waals surface area contributed by atoms with Gasteiger partial charge in [0.2, 0.25) is 5.91 Å². The predicted molar refractivity (Wildman–Crippen MR) is 124 cm³/mol. The lowest BCUT2D eigenvalue weighted by Crippen LogP contribution is -2.36. The highest BCUT2D eigenvalue weighted by Crippen LogP contribution is 2.33. The van der Waals surface area contributed by atoms with Crippen molar-refractivity contribution in [1.82, 2.24) is 4.90 Å². The summed E-state index contributed by atoms with van der Waals surface area (Å²) in [6.45, 7) is -0.414. The molecule has 4 rings (SSSR count). The van der Waals surface area contributed by atoms with Gasteiger partial charge in [-0.25, -0.2) is 4.79 Å². The number of thioether (sulfide) groups is 1. The monoisotopic (exact) mass is 482 g/mol. The summed E-state index contributed by atoms with van der Waals surface area (Å²) in [5, 5.41) is 11.4. The number of carbonyl (C=O) groups excluding carboxylic acids is 3. The summed E-state index contributed by atoms with van der Waals surface area (Å²) in [7, 11) is 0. The fraction of sp³-hybridized carbons (Fsp3) is 0.0435.